The van der Waals surface area contributed by atoms with Crippen molar-refractivity contribution in [3.05, 3.63) is 23.3 Å². The van der Waals surface area contributed by atoms with Gasteiger partial charge in [0.1, 0.15) is 0 Å². The molecule has 1 aliphatic carbocycles. The van der Waals surface area contributed by atoms with Crippen LogP contribution in [-0.2, 0) is 0 Å². The Morgan fingerprint density at radius 3 is 2.84 bits per heavy atom. The molecule has 0 fully saturated rings. The predicted molar refractivity (Wildman–Crippen MR) is 85.5 cm³/mol. The molecular weight excluding hydrogens is 232 g/mol. The standard InChI is InChI=1S/C17H28N2/c1-5-13(2)10-14(3)12-19-15(4)11-16-8-6-7-9-17(16)18/h8,10,13,18H,5-7,9,11-12H2,1-4H3. The molecule has 0 saturated carbocycles. The minimum absolute atomic E-state index is 0.643. The fourth-order valence-electron chi connectivity index (χ4n) is 2.27. The first-order valence-corrected chi connectivity index (χ1v) is 7.47. The van der Waals surface area contributed by atoms with Gasteiger partial charge in [-0.25, -0.2) is 0 Å². The lowest BCUT2D eigenvalue weighted by Crippen LogP contribution is -2.09. The Kier molecular flexibility index (Phi) is 6.75. The second-order valence-corrected chi connectivity index (χ2v) is 5.73. The fraction of sp³-hybridized carbons (Fsp3) is 0.647. The highest BCUT2D eigenvalue weighted by Gasteiger charge is 2.10. The van der Waals surface area contributed by atoms with Crippen LogP contribution in [0.1, 0.15) is 59.8 Å². The lowest BCUT2D eigenvalue weighted by atomic mass is 9.94. The number of aliphatic imine (C=N–C) groups is 1. The summed E-state index contributed by atoms with van der Waals surface area (Å²) >= 11 is 0. The Hall–Kier alpha value is -1.18. The van der Waals surface area contributed by atoms with Crippen molar-refractivity contribution in [2.24, 2.45) is 10.9 Å². The maximum Gasteiger partial charge on any atom is 0.0596 e. The quantitative estimate of drug-likeness (QED) is 0.517. The van der Waals surface area contributed by atoms with Gasteiger partial charge in [0.25, 0.3) is 0 Å². The van der Waals surface area contributed by atoms with Gasteiger partial charge >= 0.3 is 0 Å². The maximum atomic E-state index is 7.94. The molecule has 0 aromatic rings. The third-order valence-corrected chi connectivity index (χ3v) is 3.67. The SMILES string of the molecule is CCC(C)C=C(C)CN=C(C)CC1=CCCCC1=N. The predicted octanol–water partition coefficient (Wildman–Crippen LogP) is 4.96. The molecule has 0 aromatic carbocycles. The van der Waals surface area contributed by atoms with Gasteiger partial charge in [-0.3, -0.25) is 4.99 Å². The van der Waals surface area contributed by atoms with Crippen molar-refractivity contribution >= 4 is 11.4 Å². The van der Waals surface area contributed by atoms with Crippen LogP contribution in [0.2, 0.25) is 0 Å². The van der Waals surface area contributed by atoms with E-state index >= 15 is 0 Å². The summed E-state index contributed by atoms with van der Waals surface area (Å²) in [6.07, 6.45) is 9.77. The molecule has 0 heterocycles. The van der Waals surface area contributed by atoms with Crippen LogP contribution in [0.5, 0.6) is 0 Å². The van der Waals surface area contributed by atoms with E-state index in [9.17, 15) is 0 Å². The molecule has 1 N–H and O–H groups in total. The largest absolute Gasteiger partial charge is 0.305 e. The van der Waals surface area contributed by atoms with E-state index < -0.39 is 0 Å². The van der Waals surface area contributed by atoms with E-state index in [0.717, 1.165) is 43.7 Å². The lowest BCUT2D eigenvalue weighted by Gasteiger charge is -2.14. The maximum absolute atomic E-state index is 7.94. The van der Waals surface area contributed by atoms with E-state index in [4.69, 9.17) is 5.41 Å². The summed E-state index contributed by atoms with van der Waals surface area (Å²) in [5.41, 5.74) is 4.50. The van der Waals surface area contributed by atoms with E-state index in [2.05, 4.69) is 44.8 Å². The van der Waals surface area contributed by atoms with Gasteiger partial charge in [-0.15, -0.1) is 0 Å². The van der Waals surface area contributed by atoms with E-state index in [1.807, 2.05) is 0 Å². The monoisotopic (exact) mass is 260 g/mol. The number of hydrogen-bond donors (Lipinski definition) is 1. The van der Waals surface area contributed by atoms with Crippen molar-refractivity contribution in [1.29, 1.82) is 5.41 Å². The van der Waals surface area contributed by atoms with Crippen LogP contribution < -0.4 is 0 Å². The van der Waals surface area contributed by atoms with Gasteiger partial charge < -0.3 is 5.41 Å². The van der Waals surface area contributed by atoms with Gasteiger partial charge in [0.2, 0.25) is 0 Å². The average molecular weight is 260 g/mol. The summed E-state index contributed by atoms with van der Waals surface area (Å²) in [5, 5.41) is 7.94. The number of nitrogens with one attached hydrogen (secondary N) is 1. The Labute approximate surface area is 118 Å². The highest BCUT2D eigenvalue weighted by Crippen LogP contribution is 2.18. The van der Waals surface area contributed by atoms with Crippen LogP contribution in [0.3, 0.4) is 0 Å². The van der Waals surface area contributed by atoms with Crippen LogP contribution in [0, 0.1) is 11.3 Å². The Morgan fingerprint density at radius 1 is 1.47 bits per heavy atom. The lowest BCUT2D eigenvalue weighted by molar-refractivity contribution is 0.691. The molecule has 0 amide bonds. The van der Waals surface area contributed by atoms with Gasteiger partial charge in [-0.2, -0.15) is 0 Å². The highest BCUT2D eigenvalue weighted by atomic mass is 14.7. The summed E-state index contributed by atoms with van der Waals surface area (Å²) in [6.45, 7) is 9.50. The molecule has 1 rings (SSSR count). The van der Waals surface area contributed by atoms with Gasteiger partial charge in [0, 0.05) is 17.8 Å². The van der Waals surface area contributed by atoms with Crippen molar-refractivity contribution < 1.29 is 0 Å². The van der Waals surface area contributed by atoms with E-state index in [1.165, 1.54) is 17.6 Å². The zero-order valence-electron chi connectivity index (χ0n) is 12.9. The van der Waals surface area contributed by atoms with Crippen molar-refractivity contribution in [3.63, 3.8) is 0 Å². The second kappa shape index (κ2) is 8.08. The topological polar surface area (TPSA) is 36.2 Å². The highest BCUT2D eigenvalue weighted by molar-refractivity contribution is 6.03. The summed E-state index contributed by atoms with van der Waals surface area (Å²) in [7, 11) is 0. The van der Waals surface area contributed by atoms with E-state index in [0.29, 0.717) is 5.92 Å². The first-order chi connectivity index (χ1) is 9.02. The molecule has 1 unspecified atom stereocenters. The molecule has 1 atom stereocenters. The third-order valence-electron chi connectivity index (χ3n) is 3.67. The molecule has 0 saturated heterocycles. The average Bonchev–Trinajstić information content (AvgIpc) is 2.39. The van der Waals surface area contributed by atoms with Gasteiger partial charge in [0.05, 0.1) is 6.54 Å². The smallest absolute Gasteiger partial charge is 0.0596 e. The summed E-state index contributed by atoms with van der Waals surface area (Å²) < 4.78 is 0. The second-order valence-electron chi connectivity index (χ2n) is 5.73. The minimum atomic E-state index is 0.643. The number of hydrogen-bond acceptors (Lipinski definition) is 2. The van der Waals surface area contributed by atoms with Gasteiger partial charge in [-0.05, 0) is 44.6 Å². The zero-order valence-corrected chi connectivity index (χ0v) is 12.9. The normalized spacial score (nSPS) is 19.4. The molecule has 1 aliphatic rings. The van der Waals surface area contributed by atoms with Crippen molar-refractivity contribution in [1.82, 2.24) is 0 Å². The molecule has 0 bridgehead atoms. The first-order valence-electron chi connectivity index (χ1n) is 7.47. The number of nitrogens with zero attached hydrogens (tertiary/aromatic N) is 1. The van der Waals surface area contributed by atoms with Gasteiger partial charge in [-0.1, -0.05) is 38.0 Å². The summed E-state index contributed by atoms with van der Waals surface area (Å²) in [5.74, 6) is 0.643. The van der Waals surface area contributed by atoms with Crippen molar-refractivity contribution in [3.8, 4) is 0 Å². The van der Waals surface area contributed by atoms with E-state index in [1.54, 1.807) is 0 Å². The van der Waals surface area contributed by atoms with Crippen LogP contribution in [-0.4, -0.2) is 18.0 Å². The van der Waals surface area contributed by atoms with Crippen LogP contribution in [0.25, 0.3) is 0 Å². The molecule has 19 heavy (non-hydrogen) atoms. The molecule has 0 spiro atoms. The number of allylic oxidation sites excluding steroid dienone is 3. The molecular formula is C17H28N2. The number of rotatable bonds is 6. The van der Waals surface area contributed by atoms with Crippen LogP contribution in [0.15, 0.2) is 28.3 Å². The zero-order chi connectivity index (χ0) is 14.3. The van der Waals surface area contributed by atoms with Crippen molar-refractivity contribution in [2.75, 3.05) is 6.54 Å². The van der Waals surface area contributed by atoms with Gasteiger partial charge in [0.15, 0.2) is 0 Å². The Morgan fingerprint density at radius 2 is 2.21 bits per heavy atom. The summed E-state index contributed by atoms with van der Waals surface area (Å²) in [6, 6.07) is 0. The molecule has 0 radical (unpaired) electrons. The van der Waals surface area contributed by atoms with E-state index in [-0.39, 0.29) is 0 Å². The first kappa shape index (κ1) is 15.9. The third kappa shape index (κ3) is 6.00. The molecule has 106 valence electrons. The minimum Gasteiger partial charge on any atom is -0.305 e. The fourth-order valence-corrected chi connectivity index (χ4v) is 2.27. The Balaban J connectivity index is 2.51. The summed E-state index contributed by atoms with van der Waals surface area (Å²) in [4.78, 5) is 4.65. The van der Waals surface area contributed by atoms with Crippen molar-refractivity contribution in [2.45, 2.75) is 59.8 Å². The Bertz CT molecular complexity index is 399. The molecule has 2 nitrogen and oxygen atoms in total. The van der Waals surface area contributed by atoms with Crippen LogP contribution >= 0.6 is 0 Å². The van der Waals surface area contributed by atoms with Crippen LogP contribution in [0.4, 0.5) is 0 Å². The molecule has 2 heteroatoms. The molecule has 0 aromatic heterocycles. The molecule has 0 aliphatic heterocycles.